The van der Waals surface area contributed by atoms with Gasteiger partial charge in [-0.25, -0.2) is 0 Å². The Bertz CT molecular complexity index is 374. The maximum absolute atomic E-state index is 11.1. The number of esters is 1. The van der Waals surface area contributed by atoms with Gasteiger partial charge in [0.05, 0.1) is 19.3 Å². The van der Waals surface area contributed by atoms with E-state index in [2.05, 4.69) is 33.8 Å². The van der Waals surface area contributed by atoms with Gasteiger partial charge in [-0.2, -0.15) is 0 Å². The molecule has 1 aliphatic carbocycles. The van der Waals surface area contributed by atoms with E-state index in [1.165, 1.54) is 12.5 Å². The topological polar surface area (TPSA) is 35.5 Å². The first-order chi connectivity index (χ1) is 8.38. The number of allylic oxidation sites excluding steroid dienone is 1. The Morgan fingerprint density at radius 3 is 2.78 bits per heavy atom. The van der Waals surface area contributed by atoms with Gasteiger partial charge in [0.25, 0.3) is 0 Å². The third-order valence-corrected chi connectivity index (χ3v) is 5.06. The van der Waals surface area contributed by atoms with Crippen molar-refractivity contribution in [3.63, 3.8) is 0 Å². The van der Waals surface area contributed by atoms with Gasteiger partial charge in [-0.15, -0.1) is 0 Å². The molecular formula is C15H24O3. The SMILES string of the molecule is CC(=O)OC[C@]12CO[C@@H](C)[C@H](C(C)=C[C@@H]1C)[C@H]2C. The first-order valence-electron chi connectivity index (χ1n) is 6.82. The van der Waals surface area contributed by atoms with Crippen LogP contribution in [0.4, 0.5) is 0 Å². The third kappa shape index (κ3) is 1.99. The monoisotopic (exact) mass is 252 g/mol. The zero-order valence-corrected chi connectivity index (χ0v) is 12.0. The van der Waals surface area contributed by atoms with Crippen molar-refractivity contribution in [3.05, 3.63) is 11.6 Å². The van der Waals surface area contributed by atoms with Crippen LogP contribution in [0.15, 0.2) is 11.6 Å². The van der Waals surface area contributed by atoms with Crippen LogP contribution in [0, 0.1) is 23.2 Å². The van der Waals surface area contributed by atoms with Crippen LogP contribution in [0.5, 0.6) is 0 Å². The molecule has 5 atom stereocenters. The highest BCUT2D eigenvalue weighted by Gasteiger charge is 2.53. The Kier molecular flexibility index (Phi) is 3.54. The highest BCUT2D eigenvalue weighted by Crippen LogP contribution is 2.52. The average molecular weight is 252 g/mol. The number of hydrogen-bond acceptors (Lipinski definition) is 3. The van der Waals surface area contributed by atoms with Gasteiger partial charge in [0.2, 0.25) is 0 Å². The zero-order valence-electron chi connectivity index (χ0n) is 12.0. The number of carbonyl (C=O) groups is 1. The van der Waals surface area contributed by atoms with Crippen molar-refractivity contribution in [2.24, 2.45) is 23.2 Å². The van der Waals surface area contributed by atoms with E-state index in [0.29, 0.717) is 31.0 Å². The molecule has 1 fully saturated rings. The van der Waals surface area contributed by atoms with Gasteiger partial charge in [0.1, 0.15) is 0 Å². The first kappa shape index (κ1) is 13.6. The van der Waals surface area contributed by atoms with Crippen LogP contribution in [0.2, 0.25) is 0 Å². The van der Waals surface area contributed by atoms with Crippen molar-refractivity contribution in [3.8, 4) is 0 Å². The molecule has 0 radical (unpaired) electrons. The summed E-state index contributed by atoms with van der Waals surface area (Å²) in [5.41, 5.74) is 1.36. The molecular weight excluding hydrogens is 228 g/mol. The molecule has 0 aromatic carbocycles. The molecule has 0 saturated carbocycles. The molecule has 0 N–H and O–H groups in total. The fourth-order valence-electron chi connectivity index (χ4n) is 3.81. The van der Waals surface area contributed by atoms with E-state index < -0.39 is 0 Å². The highest BCUT2D eigenvalue weighted by molar-refractivity contribution is 5.65. The number of fused-ring (bicyclic) bond motifs is 2. The zero-order chi connectivity index (χ0) is 13.5. The summed E-state index contributed by atoms with van der Waals surface area (Å²) < 4.78 is 11.3. The Morgan fingerprint density at radius 2 is 2.17 bits per heavy atom. The van der Waals surface area contributed by atoms with Crippen molar-refractivity contribution in [2.45, 2.75) is 40.7 Å². The second-order valence-electron chi connectivity index (χ2n) is 6.04. The molecule has 2 bridgehead atoms. The second kappa shape index (κ2) is 4.69. The minimum absolute atomic E-state index is 0.0532. The second-order valence-corrected chi connectivity index (χ2v) is 6.04. The van der Waals surface area contributed by atoms with E-state index >= 15 is 0 Å². The molecule has 1 aliphatic heterocycles. The van der Waals surface area contributed by atoms with Crippen LogP contribution in [-0.4, -0.2) is 25.3 Å². The summed E-state index contributed by atoms with van der Waals surface area (Å²) in [6.07, 6.45) is 2.60. The molecule has 0 aromatic heterocycles. The Morgan fingerprint density at radius 1 is 1.50 bits per heavy atom. The lowest BCUT2D eigenvalue weighted by molar-refractivity contribution is -0.175. The Hall–Kier alpha value is -0.830. The molecule has 18 heavy (non-hydrogen) atoms. The van der Waals surface area contributed by atoms with E-state index in [-0.39, 0.29) is 17.5 Å². The molecule has 0 aromatic rings. The predicted octanol–water partition coefficient (Wildman–Crippen LogP) is 2.80. The van der Waals surface area contributed by atoms with Crippen molar-refractivity contribution in [1.29, 1.82) is 0 Å². The summed E-state index contributed by atoms with van der Waals surface area (Å²) >= 11 is 0. The minimum Gasteiger partial charge on any atom is -0.465 e. The standard InChI is InChI=1S/C15H24O3/c1-9-6-10(2)15(8-18-13(5)16)7-17-12(4)14(9)11(15)3/h6,10-12,14H,7-8H2,1-5H3/t10-,11+,12-,14+,15+/m0/s1. The van der Waals surface area contributed by atoms with Crippen molar-refractivity contribution in [2.75, 3.05) is 13.2 Å². The van der Waals surface area contributed by atoms with Crippen molar-refractivity contribution in [1.82, 2.24) is 0 Å². The lowest BCUT2D eigenvalue weighted by atomic mass is 9.56. The first-order valence-corrected chi connectivity index (χ1v) is 6.82. The Labute approximate surface area is 110 Å². The van der Waals surface area contributed by atoms with E-state index in [1.54, 1.807) is 0 Å². The number of hydrogen-bond donors (Lipinski definition) is 0. The van der Waals surface area contributed by atoms with Crippen LogP contribution >= 0.6 is 0 Å². The lowest BCUT2D eigenvalue weighted by Gasteiger charge is -2.54. The van der Waals surface area contributed by atoms with Gasteiger partial charge in [0, 0.05) is 18.3 Å². The lowest BCUT2D eigenvalue weighted by Crippen LogP contribution is -2.56. The minimum atomic E-state index is -0.203. The summed E-state index contributed by atoms with van der Waals surface area (Å²) in [5.74, 6) is 1.12. The molecule has 0 spiro atoms. The largest absolute Gasteiger partial charge is 0.465 e. The number of carbonyl (C=O) groups excluding carboxylic acids is 1. The van der Waals surface area contributed by atoms with Gasteiger partial charge in [-0.3, -0.25) is 4.79 Å². The summed E-state index contributed by atoms with van der Waals surface area (Å²) in [5, 5.41) is 0. The van der Waals surface area contributed by atoms with Crippen LogP contribution in [0.25, 0.3) is 0 Å². The van der Waals surface area contributed by atoms with E-state index in [0.717, 1.165) is 0 Å². The molecule has 1 heterocycles. The van der Waals surface area contributed by atoms with Gasteiger partial charge in [0.15, 0.2) is 0 Å². The fourth-order valence-corrected chi connectivity index (χ4v) is 3.81. The van der Waals surface area contributed by atoms with E-state index in [9.17, 15) is 4.79 Å². The van der Waals surface area contributed by atoms with Crippen molar-refractivity contribution >= 4 is 5.97 Å². The molecule has 1 saturated heterocycles. The van der Waals surface area contributed by atoms with Gasteiger partial charge < -0.3 is 9.47 Å². The van der Waals surface area contributed by atoms with Gasteiger partial charge >= 0.3 is 5.97 Å². The molecule has 102 valence electrons. The summed E-state index contributed by atoms with van der Waals surface area (Å²) in [4.78, 5) is 11.1. The number of rotatable bonds is 2. The fraction of sp³-hybridized carbons (Fsp3) is 0.800. The molecule has 0 unspecified atom stereocenters. The number of ether oxygens (including phenoxy) is 2. The Balaban J connectivity index is 2.31. The van der Waals surface area contributed by atoms with Crippen LogP contribution in [-0.2, 0) is 14.3 Å². The summed E-state index contributed by atoms with van der Waals surface area (Å²) in [6.45, 7) is 11.4. The average Bonchev–Trinajstić information content (AvgIpc) is 2.26. The molecule has 0 amide bonds. The quantitative estimate of drug-likeness (QED) is 0.560. The van der Waals surface area contributed by atoms with Crippen LogP contribution < -0.4 is 0 Å². The van der Waals surface area contributed by atoms with E-state index in [1.807, 2.05) is 0 Å². The van der Waals surface area contributed by atoms with Crippen LogP contribution in [0.3, 0.4) is 0 Å². The van der Waals surface area contributed by atoms with Gasteiger partial charge in [-0.1, -0.05) is 25.5 Å². The molecule has 3 heteroatoms. The normalized spacial score (nSPS) is 43.3. The third-order valence-electron chi connectivity index (χ3n) is 5.06. The highest BCUT2D eigenvalue weighted by atomic mass is 16.5. The smallest absolute Gasteiger partial charge is 0.302 e. The maximum atomic E-state index is 11.1. The molecule has 2 aliphatic rings. The van der Waals surface area contributed by atoms with E-state index in [4.69, 9.17) is 9.47 Å². The van der Waals surface area contributed by atoms with Crippen molar-refractivity contribution < 1.29 is 14.3 Å². The molecule has 2 rings (SSSR count). The summed E-state index contributed by atoms with van der Waals surface area (Å²) in [7, 11) is 0. The van der Waals surface area contributed by atoms with Crippen LogP contribution in [0.1, 0.15) is 34.6 Å². The molecule has 3 nitrogen and oxygen atoms in total. The predicted molar refractivity (Wildman–Crippen MR) is 70.1 cm³/mol. The maximum Gasteiger partial charge on any atom is 0.302 e. The van der Waals surface area contributed by atoms with Gasteiger partial charge in [-0.05, 0) is 25.7 Å². The summed E-state index contributed by atoms with van der Waals surface area (Å²) in [6, 6.07) is 0.